The van der Waals surface area contributed by atoms with Crippen molar-refractivity contribution in [2.45, 2.75) is 26.4 Å². The van der Waals surface area contributed by atoms with Crippen molar-refractivity contribution in [2.75, 3.05) is 20.6 Å². The quantitative estimate of drug-likeness (QED) is 0.680. The first kappa shape index (κ1) is 19.8. The van der Waals surface area contributed by atoms with Gasteiger partial charge < -0.3 is 9.73 Å². The molecule has 1 amide bonds. The van der Waals surface area contributed by atoms with Crippen molar-refractivity contribution in [3.8, 4) is 0 Å². The molecule has 7 heteroatoms. The topological polar surface area (TPSA) is 80.4 Å². The summed E-state index contributed by atoms with van der Waals surface area (Å²) in [5.74, 6) is 0.694. The highest BCUT2D eigenvalue weighted by atomic mass is 16.3. The van der Waals surface area contributed by atoms with Crippen LogP contribution >= 0.6 is 0 Å². The monoisotopic (exact) mass is 382 g/mol. The zero-order valence-corrected chi connectivity index (χ0v) is 16.7. The van der Waals surface area contributed by atoms with Crippen LogP contribution in [0.15, 0.2) is 51.9 Å². The van der Waals surface area contributed by atoms with Crippen molar-refractivity contribution in [2.24, 2.45) is 5.92 Å². The molecule has 0 aliphatic carbocycles. The van der Waals surface area contributed by atoms with Gasteiger partial charge in [0.25, 0.3) is 11.5 Å². The Morgan fingerprint density at radius 3 is 2.50 bits per heavy atom. The molecule has 0 saturated carbocycles. The molecule has 0 aliphatic heterocycles. The third kappa shape index (κ3) is 4.14. The van der Waals surface area contributed by atoms with E-state index in [4.69, 9.17) is 4.42 Å². The van der Waals surface area contributed by atoms with Gasteiger partial charge in [0.15, 0.2) is 5.69 Å². The van der Waals surface area contributed by atoms with Crippen LogP contribution in [-0.2, 0) is 6.54 Å². The smallest absolute Gasteiger partial charge is 0.274 e. The average Bonchev–Trinajstić information content (AvgIpc) is 3.18. The van der Waals surface area contributed by atoms with Crippen LogP contribution in [-0.4, -0.2) is 41.2 Å². The molecule has 0 aliphatic rings. The molecule has 0 saturated heterocycles. The summed E-state index contributed by atoms with van der Waals surface area (Å²) in [7, 11) is 3.85. The lowest BCUT2D eigenvalue weighted by Crippen LogP contribution is -2.36. The zero-order chi connectivity index (χ0) is 20.3. The second-order valence-corrected chi connectivity index (χ2v) is 7.48. The number of rotatable bonds is 7. The van der Waals surface area contributed by atoms with Crippen LogP contribution in [0.4, 0.5) is 0 Å². The highest BCUT2D eigenvalue weighted by Crippen LogP contribution is 2.18. The first-order valence-electron chi connectivity index (χ1n) is 9.36. The maximum Gasteiger partial charge on any atom is 0.274 e. The molecule has 7 nitrogen and oxygen atoms in total. The van der Waals surface area contributed by atoms with E-state index in [2.05, 4.69) is 10.4 Å². The number of fused-ring (bicyclic) bond motifs is 1. The number of hydrogen-bond acceptors (Lipinski definition) is 5. The van der Waals surface area contributed by atoms with Crippen LogP contribution in [0, 0.1) is 5.92 Å². The van der Waals surface area contributed by atoms with Crippen molar-refractivity contribution in [1.82, 2.24) is 20.0 Å². The molecule has 0 spiro atoms. The van der Waals surface area contributed by atoms with Gasteiger partial charge in [0.05, 0.1) is 17.7 Å². The second-order valence-electron chi connectivity index (χ2n) is 7.48. The number of amides is 1. The first-order chi connectivity index (χ1) is 13.4. The Labute approximate surface area is 163 Å². The van der Waals surface area contributed by atoms with Gasteiger partial charge in [-0.1, -0.05) is 32.0 Å². The third-order valence-electron chi connectivity index (χ3n) is 4.57. The van der Waals surface area contributed by atoms with Crippen LogP contribution in [0.1, 0.15) is 36.1 Å². The number of hydrogen-bond donors (Lipinski definition) is 1. The zero-order valence-electron chi connectivity index (χ0n) is 16.7. The summed E-state index contributed by atoms with van der Waals surface area (Å²) in [5.41, 5.74) is 0.0791. The van der Waals surface area contributed by atoms with Gasteiger partial charge in [0, 0.05) is 18.5 Å². The van der Waals surface area contributed by atoms with Gasteiger partial charge in [-0.3, -0.25) is 14.5 Å². The summed E-state index contributed by atoms with van der Waals surface area (Å²) < 4.78 is 6.88. The minimum Gasteiger partial charge on any atom is -0.468 e. The molecule has 148 valence electrons. The Balaban J connectivity index is 1.92. The molecule has 1 atom stereocenters. The fraction of sp³-hybridized carbons (Fsp3) is 0.381. The summed E-state index contributed by atoms with van der Waals surface area (Å²) in [6.45, 7) is 4.83. The van der Waals surface area contributed by atoms with Crippen LogP contribution in [0.5, 0.6) is 0 Å². The molecule has 1 N–H and O–H groups in total. The lowest BCUT2D eigenvalue weighted by molar-refractivity contribution is 0.0933. The van der Waals surface area contributed by atoms with E-state index < -0.39 is 0 Å². The number of nitrogens with zero attached hydrogens (tertiary/aromatic N) is 3. The fourth-order valence-electron chi connectivity index (χ4n) is 3.16. The summed E-state index contributed by atoms with van der Waals surface area (Å²) >= 11 is 0. The van der Waals surface area contributed by atoms with Gasteiger partial charge in [-0.25, -0.2) is 4.68 Å². The fourth-order valence-corrected chi connectivity index (χ4v) is 3.16. The van der Waals surface area contributed by atoms with E-state index in [1.165, 1.54) is 4.68 Å². The number of nitrogens with one attached hydrogen (secondary N) is 1. The van der Waals surface area contributed by atoms with E-state index in [1.54, 1.807) is 30.5 Å². The summed E-state index contributed by atoms with van der Waals surface area (Å²) in [6, 6.07) is 10.7. The number of likely N-dealkylation sites (N-methyl/N-ethyl adjacent to an activating group) is 1. The number of benzene rings is 1. The van der Waals surface area contributed by atoms with E-state index in [0.717, 1.165) is 5.76 Å². The number of aromatic nitrogens is 2. The number of carbonyl (C=O) groups excluding carboxylic acids is 1. The normalized spacial score (nSPS) is 12.6. The van der Waals surface area contributed by atoms with Gasteiger partial charge in [0.1, 0.15) is 5.76 Å². The lowest BCUT2D eigenvalue weighted by Gasteiger charge is -2.22. The van der Waals surface area contributed by atoms with Crippen molar-refractivity contribution < 1.29 is 9.21 Å². The molecular weight excluding hydrogens is 356 g/mol. The molecule has 3 rings (SSSR count). The highest BCUT2D eigenvalue weighted by Gasteiger charge is 2.21. The number of furan rings is 1. The average molecular weight is 382 g/mol. The van der Waals surface area contributed by atoms with E-state index in [1.807, 2.05) is 45.0 Å². The predicted molar refractivity (Wildman–Crippen MR) is 108 cm³/mol. The number of carbonyl (C=O) groups is 1. The lowest BCUT2D eigenvalue weighted by atomic mass is 10.1. The SMILES string of the molecule is CC(C)Cn1nc(C(=O)NCC(c2ccco2)N(C)C)c2ccccc2c1=O. The Kier molecular flexibility index (Phi) is 5.94. The maximum absolute atomic E-state index is 13.0. The predicted octanol–water partition coefficient (Wildman–Crippen LogP) is 2.68. The molecule has 1 aromatic carbocycles. The largest absolute Gasteiger partial charge is 0.468 e. The van der Waals surface area contributed by atoms with Crippen molar-refractivity contribution in [3.63, 3.8) is 0 Å². The molecule has 28 heavy (non-hydrogen) atoms. The Morgan fingerprint density at radius 1 is 1.18 bits per heavy atom. The van der Waals surface area contributed by atoms with Gasteiger partial charge in [-0.2, -0.15) is 5.10 Å². The van der Waals surface area contributed by atoms with Crippen LogP contribution < -0.4 is 10.9 Å². The van der Waals surface area contributed by atoms with Gasteiger partial charge in [0.2, 0.25) is 0 Å². The minimum atomic E-state index is -0.313. The standard InChI is InChI=1S/C21H26N4O3/c1-14(2)13-25-21(27)16-9-6-5-8-15(16)19(23-25)20(26)22-12-17(24(3)4)18-10-7-11-28-18/h5-11,14,17H,12-13H2,1-4H3,(H,22,26). The highest BCUT2D eigenvalue weighted by molar-refractivity contribution is 6.04. The molecule has 0 bridgehead atoms. The minimum absolute atomic E-state index is 0.105. The van der Waals surface area contributed by atoms with Crippen molar-refractivity contribution in [1.29, 1.82) is 0 Å². The summed E-state index contributed by atoms with van der Waals surface area (Å²) in [4.78, 5) is 27.6. The van der Waals surface area contributed by atoms with Crippen molar-refractivity contribution in [3.05, 3.63) is 64.5 Å². The van der Waals surface area contributed by atoms with Crippen molar-refractivity contribution >= 4 is 16.7 Å². The molecule has 3 aromatic rings. The van der Waals surface area contributed by atoms with E-state index in [-0.39, 0.29) is 29.1 Å². The van der Waals surface area contributed by atoms with Crippen LogP contribution in [0.3, 0.4) is 0 Å². The summed E-state index contributed by atoms with van der Waals surface area (Å²) in [6.07, 6.45) is 1.62. The Bertz CT molecular complexity index is 1010. The maximum atomic E-state index is 13.0. The molecule has 0 fully saturated rings. The first-order valence-corrected chi connectivity index (χ1v) is 9.36. The molecule has 2 heterocycles. The van der Waals surface area contributed by atoms with Crippen LogP contribution in [0.25, 0.3) is 10.8 Å². The molecule has 1 unspecified atom stereocenters. The van der Waals surface area contributed by atoms with E-state index in [9.17, 15) is 9.59 Å². The van der Waals surface area contributed by atoms with E-state index in [0.29, 0.717) is 23.9 Å². The second kappa shape index (κ2) is 8.39. The third-order valence-corrected chi connectivity index (χ3v) is 4.57. The van der Waals surface area contributed by atoms with Gasteiger partial charge >= 0.3 is 0 Å². The Morgan fingerprint density at radius 2 is 1.89 bits per heavy atom. The molecule has 2 aromatic heterocycles. The molecular formula is C21H26N4O3. The van der Waals surface area contributed by atoms with Gasteiger partial charge in [-0.15, -0.1) is 0 Å². The summed E-state index contributed by atoms with van der Waals surface area (Å²) in [5, 5.41) is 8.38. The Hall–Kier alpha value is -2.93. The van der Waals surface area contributed by atoms with Crippen LogP contribution in [0.2, 0.25) is 0 Å². The molecule has 0 radical (unpaired) electrons. The van der Waals surface area contributed by atoms with Gasteiger partial charge in [-0.05, 0) is 38.2 Å². The van der Waals surface area contributed by atoms with E-state index >= 15 is 0 Å².